The number of carboxylic acid groups (broad SMARTS) is 1. The summed E-state index contributed by atoms with van der Waals surface area (Å²) in [5.74, 6) is 0.317. The quantitative estimate of drug-likeness (QED) is 0.754. The third-order valence-corrected chi connectivity index (χ3v) is 4.60. The lowest BCUT2D eigenvalue weighted by Crippen LogP contribution is -2.46. The topological polar surface area (TPSA) is 69.6 Å². The SMILES string of the molecule is CC(C)C(C)NC(=O)CN1CCCC(C(C)CC(=O)O)C1. The molecule has 1 aliphatic rings. The van der Waals surface area contributed by atoms with E-state index in [9.17, 15) is 9.59 Å². The van der Waals surface area contributed by atoms with E-state index in [1.165, 1.54) is 0 Å². The average molecular weight is 298 g/mol. The summed E-state index contributed by atoms with van der Waals surface area (Å²) in [5, 5.41) is 11.9. The molecule has 5 nitrogen and oxygen atoms in total. The number of carboxylic acids is 1. The van der Waals surface area contributed by atoms with E-state index >= 15 is 0 Å². The number of piperidine rings is 1. The Morgan fingerprint density at radius 3 is 2.52 bits per heavy atom. The van der Waals surface area contributed by atoms with E-state index in [4.69, 9.17) is 5.11 Å². The Morgan fingerprint density at radius 1 is 1.29 bits per heavy atom. The molecule has 5 heteroatoms. The van der Waals surface area contributed by atoms with E-state index < -0.39 is 5.97 Å². The Labute approximate surface area is 128 Å². The van der Waals surface area contributed by atoms with Crippen LogP contribution in [0.1, 0.15) is 47.0 Å². The number of rotatable bonds is 7. The van der Waals surface area contributed by atoms with E-state index in [-0.39, 0.29) is 24.3 Å². The van der Waals surface area contributed by atoms with Crippen LogP contribution in [0, 0.1) is 17.8 Å². The zero-order valence-corrected chi connectivity index (χ0v) is 13.8. The molecule has 0 saturated carbocycles. The number of hydrogen-bond acceptors (Lipinski definition) is 3. The molecule has 21 heavy (non-hydrogen) atoms. The van der Waals surface area contributed by atoms with Gasteiger partial charge in [0.15, 0.2) is 0 Å². The Balaban J connectivity index is 2.42. The highest BCUT2D eigenvalue weighted by Crippen LogP contribution is 2.25. The minimum absolute atomic E-state index is 0.0720. The van der Waals surface area contributed by atoms with E-state index in [0.29, 0.717) is 18.4 Å². The molecule has 1 rings (SSSR count). The van der Waals surface area contributed by atoms with Crippen molar-refractivity contribution in [3.05, 3.63) is 0 Å². The van der Waals surface area contributed by atoms with Crippen LogP contribution in [0.25, 0.3) is 0 Å². The summed E-state index contributed by atoms with van der Waals surface area (Å²) in [6.07, 6.45) is 2.33. The van der Waals surface area contributed by atoms with Crippen molar-refractivity contribution in [2.45, 2.75) is 53.0 Å². The molecule has 1 saturated heterocycles. The summed E-state index contributed by atoms with van der Waals surface area (Å²) in [6.45, 7) is 10.4. The predicted molar refractivity (Wildman–Crippen MR) is 83.0 cm³/mol. The van der Waals surface area contributed by atoms with Crippen LogP contribution in [0.3, 0.4) is 0 Å². The molecule has 0 aliphatic carbocycles. The second-order valence-corrected chi connectivity index (χ2v) is 6.81. The first-order valence-electron chi connectivity index (χ1n) is 8.03. The van der Waals surface area contributed by atoms with Gasteiger partial charge >= 0.3 is 5.97 Å². The van der Waals surface area contributed by atoms with Crippen molar-refractivity contribution < 1.29 is 14.7 Å². The second kappa shape index (κ2) is 8.37. The summed E-state index contributed by atoms with van der Waals surface area (Å²) in [4.78, 5) is 25.0. The lowest BCUT2D eigenvalue weighted by Gasteiger charge is -2.35. The number of carbonyl (C=O) groups excluding carboxylic acids is 1. The number of nitrogens with zero attached hydrogens (tertiary/aromatic N) is 1. The van der Waals surface area contributed by atoms with Crippen LogP contribution in [0.2, 0.25) is 0 Å². The third-order valence-electron chi connectivity index (χ3n) is 4.60. The van der Waals surface area contributed by atoms with Crippen LogP contribution in [0.4, 0.5) is 0 Å². The van der Waals surface area contributed by atoms with E-state index in [1.807, 2.05) is 13.8 Å². The van der Waals surface area contributed by atoms with Crippen LogP contribution in [0.5, 0.6) is 0 Å². The summed E-state index contributed by atoms with van der Waals surface area (Å²) in [5.41, 5.74) is 0. The average Bonchev–Trinajstić information content (AvgIpc) is 2.37. The van der Waals surface area contributed by atoms with Gasteiger partial charge in [0.05, 0.1) is 6.54 Å². The highest BCUT2D eigenvalue weighted by Gasteiger charge is 2.27. The van der Waals surface area contributed by atoms with E-state index in [2.05, 4.69) is 24.1 Å². The van der Waals surface area contributed by atoms with Gasteiger partial charge in [-0.1, -0.05) is 20.8 Å². The van der Waals surface area contributed by atoms with Gasteiger partial charge in [0.25, 0.3) is 0 Å². The second-order valence-electron chi connectivity index (χ2n) is 6.81. The smallest absolute Gasteiger partial charge is 0.303 e. The van der Waals surface area contributed by atoms with Gasteiger partial charge in [-0.3, -0.25) is 14.5 Å². The van der Waals surface area contributed by atoms with Crippen molar-refractivity contribution >= 4 is 11.9 Å². The highest BCUT2D eigenvalue weighted by atomic mass is 16.4. The Morgan fingerprint density at radius 2 is 1.95 bits per heavy atom. The lowest BCUT2D eigenvalue weighted by atomic mass is 9.84. The first-order chi connectivity index (χ1) is 9.79. The fourth-order valence-corrected chi connectivity index (χ4v) is 2.81. The number of aliphatic carboxylic acids is 1. The normalized spacial score (nSPS) is 22.8. The fourth-order valence-electron chi connectivity index (χ4n) is 2.81. The molecule has 122 valence electrons. The zero-order valence-electron chi connectivity index (χ0n) is 13.8. The Hall–Kier alpha value is -1.10. The minimum Gasteiger partial charge on any atom is -0.481 e. The summed E-state index contributed by atoms with van der Waals surface area (Å²) < 4.78 is 0. The van der Waals surface area contributed by atoms with Crippen LogP contribution >= 0.6 is 0 Å². The molecular weight excluding hydrogens is 268 g/mol. The molecule has 3 unspecified atom stereocenters. The number of hydrogen-bond donors (Lipinski definition) is 2. The molecule has 1 amide bonds. The van der Waals surface area contributed by atoms with Crippen LogP contribution in [-0.2, 0) is 9.59 Å². The summed E-state index contributed by atoms with van der Waals surface area (Å²) >= 11 is 0. The Kier molecular flexibility index (Phi) is 7.15. The summed E-state index contributed by atoms with van der Waals surface area (Å²) in [7, 11) is 0. The number of likely N-dealkylation sites (tertiary alicyclic amines) is 1. The predicted octanol–water partition coefficient (Wildman–Crippen LogP) is 1.97. The molecule has 0 aromatic carbocycles. The van der Waals surface area contributed by atoms with Gasteiger partial charge in [0.1, 0.15) is 0 Å². The molecule has 1 aliphatic heterocycles. The maximum absolute atomic E-state index is 12.0. The maximum Gasteiger partial charge on any atom is 0.303 e. The molecule has 2 N–H and O–H groups in total. The molecule has 3 atom stereocenters. The van der Waals surface area contributed by atoms with Gasteiger partial charge in [0.2, 0.25) is 5.91 Å². The molecule has 1 heterocycles. The Bertz CT molecular complexity index is 357. The van der Waals surface area contributed by atoms with Gasteiger partial charge in [0, 0.05) is 19.0 Å². The van der Waals surface area contributed by atoms with Crippen molar-refractivity contribution in [3.8, 4) is 0 Å². The van der Waals surface area contributed by atoms with Gasteiger partial charge in [-0.25, -0.2) is 0 Å². The van der Waals surface area contributed by atoms with Crippen molar-refractivity contribution in [2.75, 3.05) is 19.6 Å². The monoisotopic (exact) mass is 298 g/mol. The van der Waals surface area contributed by atoms with Crippen molar-refractivity contribution in [3.63, 3.8) is 0 Å². The van der Waals surface area contributed by atoms with Gasteiger partial charge in [-0.05, 0) is 44.1 Å². The largest absolute Gasteiger partial charge is 0.481 e. The van der Waals surface area contributed by atoms with Gasteiger partial charge in [-0.15, -0.1) is 0 Å². The molecule has 1 fully saturated rings. The molecule has 0 bridgehead atoms. The van der Waals surface area contributed by atoms with Crippen LogP contribution in [-0.4, -0.2) is 47.6 Å². The lowest BCUT2D eigenvalue weighted by molar-refractivity contribution is -0.138. The molecule has 0 radical (unpaired) electrons. The van der Waals surface area contributed by atoms with Crippen molar-refractivity contribution in [2.24, 2.45) is 17.8 Å². The van der Waals surface area contributed by atoms with Crippen molar-refractivity contribution in [1.29, 1.82) is 0 Å². The first-order valence-corrected chi connectivity index (χ1v) is 8.03. The molecule has 0 spiro atoms. The van der Waals surface area contributed by atoms with Crippen molar-refractivity contribution in [1.82, 2.24) is 10.2 Å². The van der Waals surface area contributed by atoms with Crippen LogP contribution in [0.15, 0.2) is 0 Å². The third kappa shape index (κ3) is 6.46. The first kappa shape index (κ1) is 18.0. The fraction of sp³-hybridized carbons (Fsp3) is 0.875. The van der Waals surface area contributed by atoms with E-state index in [0.717, 1.165) is 25.9 Å². The molecule has 0 aromatic heterocycles. The number of amides is 1. The number of carbonyl (C=O) groups is 2. The maximum atomic E-state index is 12.0. The standard InChI is InChI=1S/C16H30N2O3/c1-11(2)13(4)17-15(19)10-18-7-5-6-14(9-18)12(3)8-16(20)21/h11-14H,5-10H2,1-4H3,(H,17,19)(H,20,21). The van der Waals surface area contributed by atoms with Crippen LogP contribution < -0.4 is 5.32 Å². The summed E-state index contributed by atoms with van der Waals surface area (Å²) in [6, 6.07) is 0.184. The minimum atomic E-state index is -0.733. The molecule has 0 aromatic rings. The number of nitrogens with one attached hydrogen (secondary N) is 1. The van der Waals surface area contributed by atoms with Gasteiger partial charge in [-0.2, -0.15) is 0 Å². The van der Waals surface area contributed by atoms with Gasteiger partial charge < -0.3 is 10.4 Å². The molecular formula is C16H30N2O3. The highest BCUT2D eigenvalue weighted by molar-refractivity contribution is 5.78. The van der Waals surface area contributed by atoms with E-state index in [1.54, 1.807) is 0 Å². The zero-order chi connectivity index (χ0) is 16.0.